The third-order valence-electron chi connectivity index (χ3n) is 6.69. The molecule has 3 rings (SSSR count). The number of carbonyl (C=O) groups excluding carboxylic acids is 1. The van der Waals surface area contributed by atoms with Crippen molar-refractivity contribution in [2.24, 2.45) is 0 Å². The van der Waals surface area contributed by atoms with Crippen LogP contribution in [0.4, 0.5) is 5.69 Å². The van der Waals surface area contributed by atoms with Crippen molar-refractivity contribution in [2.45, 2.75) is 46.1 Å². The molecule has 0 spiro atoms. The molecule has 0 unspecified atom stereocenters. The summed E-state index contributed by atoms with van der Waals surface area (Å²) in [6.45, 7) is 8.49. The molecular formula is C30H46N4O4P+. The molecule has 39 heavy (non-hydrogen) atoms. The van der Waals surface area contributed by atoms with Gasteiger partial charge in [-0.25, -0.2) is 4.57 Å². The molecular weight excluding hydrogens is 511 g/mol. The number of amides is 1. The lowest BCUT2D eigenvalue weighted by Crippen LogP contribution is -2.36. The zero-order valence-electron chi connectivity index (χ0n) is 24.1. The molecule has 1 aliphatic heterocycles. The van der Waals surface area contributed by atoms with Gasteiger partial charge in [-0.1, -0.05) is 18.2 Å². The topological polar surface area (TPSA) is 75.0 Å². The van der Waals surface area contributed by atoms with Gasteiger partial charge in [0.2, 0.25) is 5.91 Å². The van der Waals surface area contributed by atoms with E-state index in [1.807, 2.05) is 40.3 Å². The molecule has 1 N–H and O–H groups in total. The van der Waals surface area contributed by atoms with Crippen LogP contribution < -0.4 is 14.8 Å². The molecule has 2 heterocycles. The number of rotatable bonds is 16. The number of anilines is 1. The number of pyridine rings is 1. The predicted octanol–water partition coefficient (Wildman–Crippen LogP) is 4.62. The Balaban J connectivity index is 1.51. The van der Waals surface area contributed by atoms with Gasteiger partial charge in [-0.05, 0) is 69.6 Å². The summed E-state index contributed by atoms with van der Waals surface area (Å²) in [5.41, 5.74) is 4.90. The number of fused-ring (bicyclic) bond motifs is 1. The summed E-state index contributed by atoms with van der Waals surface area (Å²) in [6, 6.07) is 10.8. The van der Waals surface area contributed by atoms with Crippen LogP contribution in [0.5, 0.6) is 0 Å². The fourth-order valence-corrected chi connectivity index (χ4v) is 6.35. The van der Waals surface area contributed by atoms with Crippen molar-refractivity contribution in [3.8, 4) is 0 Å². The summed E-state index contributed by atoms with van der Waals surface area (Å²) >= 11 is 0. The molecule has 1 aliphatic rings. The van der Waals surface area contributed by atoms with Crippen molar-refractivity contribution >= 4 is 31.3 Å². The fraction of sp³-hybridized carbons (Fsp3) is 0.533. The summed E-state index contributed by atoms with van der Waals surface area (Å²) in [7, 11) is 1.03. The van der Waals surface area contributed by atoms with Crippen LogP contribution in [0, 0.1) is 0 Å². The van der Waals surface area contributed by atoms with Crippen molar-refractivity contribution in [3.05, 3.63) is 59.4 Å². The highest BCUT2D eigenvalue weighted by Gasteiger charge is 2.23. The summed E-state index contributed by atoms with van der Waals surface area (Å²) < 4.78 is 25.5. The first-order valence-corrected chi connectivity index (χ1v) is 15.9. The second kappa shape index (κ2) is 15.9. The highest BCUT2D eigenvalue weighted by molar-refractivity contribution is 7.53. The Kier molecular flexibility index (Phi) is 12.7. The Hall–Kier alpha value is -2.51. The Bertz CT molecular complexity index is 1110. The number of nitrogens with zero attached hydrogens (tertiary/aromatic N) is 3. The molecule has 0 atom stereocenters. The van der Waals surface area contributed by atoms with Crippen LogP contribution in [0.3, 0.4) is 0 Å². The lowest BCUT2D eigenvalue weighted by Gasteiger charge is -2.31. The van der Waals surface area contributed by atoms with Gasteiger partial charge in [-0.15, -0.1) is 0 Å². The van der Waals surface area contributed by atoms with E-state index < -0.39 is 7.60 Å². The number of aromatic nitrogens is 1. The minimum Gasteiger partial charge on any atom is -0.371 e. The van der Waals surface area contributed by atoms with E-state index in [2.05, 4.69) is 62.2 Å². The van der Waals surface area contributed by atoms with Gasteiger partial charge in [0.15, 0.2) is 12.4 Å². The van der Waals surface area contributed by atoms with Crippen LogP contribution in [0.1, 0.15) is 49.8 Å². The molecule has 1 aromatic heterocycles. The maximum atomic E-state index is 12.6. The average Bonchev–Trinajstić information content (AvgIpc) is 2.91. The molecule has 0 aliphatic carbocycles. The van der Waals surface area contributed by atoms with E-state index in [9.17, 15) is 9.36 Å². The SMILES string of the molecule is CCOP(=O)(CCC[n+]1ccc(C=Cc2ccc3c(c2)CCCN3CCC(=O)NCCN(C)C)cc1)OCC. The Morgan fingerprint density at radius 3 is 2.51 bits per heavy atom. The molecule has 0 radical (unpaired) electrons. The predicted molar refractivity (Wildman–Crippen MR) is 159 cm³/mol. The second-order valence-corrected chi connectivity index (χ2v) is 12.3. The molecule has 0 saturated heterocycles. The van der Waals surface area contributed by atoms with Gasteiger partial charge in [0.1, 0.15) is 6.54 Å². The van der Waals surface area contributed by atoms with E-state index in [0.29, 0.717) is 32.3 Å². The van der Waals surface area contributed by atoms with E-state index in [4.69, 9.17) is 9.05 Å². The van der Waals surface area contributed by atoms with Crippen molar-refractivity contribution in [1.29, 1.82) is 0 Å². The third-order valence-corrected chi connectivity index (χ3v) is 8.86. The number of likely N-dealkylation sites (N-methyl/N-ethyl adjacent to an activating group) is 1. The Morgan fingerprint density at radius 1 is 1.10 bits per heavy atom. The molecule has 1 aromatic carbocycles. The van der Waals surface area contributed by atoms with Gasteiger partial charge >= 0.3 is 7.60 Å². The summed E-state index contributed by atoms with van der Waals surface area (Å²) in [5, 5.41) is 3.01. The highest BCUT2D eigenvalue weighted by atomic mass is 31.2. The summed E-state index contributed by atoms with van der Waals surface area (Å²) in [6.07, 6.45) is 12.2. The minimum absolute atomic E-state index is 0.115. The molecule has 2 aromatic rings. The maximum Gasteiger partial charge on any atom is 0.330 e. The molecule has 0 bridgehead atoms. The molecule has 214 valence electrons. The Morgan fingerprint density at radius 2 is 1.82 bits per heavy atom. The molecule has 0 saturated carbocycles. The van der Waals surface area contributed by atoms with Crippen LogP contribution in [-0.2, 0) is 31.4 Å². The van der Waals surface area contributed by atoms with Crippen molar-refractivity contribution in [2.75, 3.05) is 64.5 Å². The quantitative estimate of drug-likeness (QED) is 0.240. The molecule has 9 heteroatoms. The molecule has 8 nitrogen and oxygen atoms in total. The average molecular weight is 558 g/mol. The van der Waals surface area contributed by atoms with E-state index in [-0.39, 0.29) is 5.91 Å². The van der Waals surface area contributed by atoms with Crippen LogP contribution in [0.2, 0.25) is 0 Å². The number of carbonyl (C=O) groups is 1. The van der Waals surface area contributed by atoms with Gasteiger partial charge in [0, 0.05) is 56.8 Å². The van der Waals surface area contributed by atoms with Gasteiger partial charge < -0.3 is 24.2 Å². The van der Waals surface area contributed by atoms with Gasteiger partial charge in [0.05, 0.1) is 19.4 Å². The largest absolute Gasteiger partial charge is 0.371 e. The zero-order chi connectivity index (χ0) is 28.1. The lowest BCUT2D eigenvalue weighted by molar-refractivity contribution is -0.696. The maximum absolute atomic E-state index is 12.6. The van der Waals surface area contributed by atoms with Gasteiger partial charge in [-0.3, -0.25) is 9.36 Å². The first-order chi connectivity index (χ1) is 18.8. The normalized spacial score (nSPS) is 13.7. The van der Waals surface area contributed by atoms with Crippen LogP contribution in [0.25, 0.3) is 12.2 Å². The number of aryl methyl sites for hydroxylation is 2. The van der Waals surface area contributed by atoms with Gasteiger partial charge in [-0.2, -0.15) is 0 Å². The number of benzene rings is 1. The molecule has 0 fully saturated rings. The van der Waals surface area contributed by atoms with E-state index in [1.165, 1.54) is 16.8 Å². The smallest absolute Gasteiger partial charge is 0.330 e. The van der Waals surface area contributed by atoms with Crippen molar-refractivity contribution in [3.63, 3.8) is 0 Å². The zero-order valence-corrected chi connectivity index (χ0v) is 25.0. The third kappa shape index (κ3) is 10.5. The van der Waals surface area contributed by atoms with E-state index >= 15 is 0 Å². The standard InChI is InChI=1S/C30H45N4O4P/c1-5-37-39(36,38-6-2)24-8-18-33-20-14-26(15-21-33)10-11-27-12-13-29-28(25-27)9-7-19-34(29)22-16-30(35)31-17-23-32(3)4/h10-15,20-21,25H,5-9,16-19,22-24H2,1-4H3/p+1. The first kappa shape index (κ1) is 31.0. The summed E-state index contributed by atoms with van der Waals surface area (Å²) in [4.78, 5) is 16.6. The number of nitrogens with one attached hydrogen (secondary N) is 1. The Labute approximate surface area is 234 Å². The van der Waals surface area contributed by atoms with Crippen molar-refractivity contribution < 1.29 is 23.0 Å². The monoisotopic (exact) mass is 557 g/mol. The first-order valence-electron chi connectivity index (χ1n) is 14.2. The van der Waals surface area contributed by atoms with Crippen LogP contribution in [-0.4, -0.2) is 70.5 Å². The minimum atomic E-state index is -2.99. The van der Waals surface area contributed by atoms with Gasteiger partial charge in [0.25, 0.3) is 0 Å². The lowest BCUT2D eigenvalue weighted by atomic mass is 9.98. The van der Waals surface area contributed by atoms with E-state index in [1.54, 1.807) is 0 Å². The highest BCUT2D eigenvalue weighted by Crippen LogP contribution is 2.48. The molecule has 1 amide bonds. The van der Waals surface area contributed by atoms with E-state index in [0.717, 1.165) is 51.0 Å². The number of hydrogen-bond acceptors (Lipinski definition) is 6. The number of hydrogen-bond donors (Lipinski definition) is 1. The van der Waals surface area contributed by atoms with Crippen molar-refractivity contribution in [1.82, 2.24) is 10.2 Å². The second-order valence-electron chi connectivity index (χ2n) is 10.1. The van der Waals surface area contributed by atoms with Crippen LogP contribution in [0.15, 0.2) is 42.7 Å². The fourth-order valence-electron chi connectivity index (χ4n) is 4.70. The van der Waals surface area contributed by atoms with Crippen LogP contribution >= 0.6 is 7.60 Å². The summed E-state index contributed by atoms with van der Waals surface area (Å²) in [5.74, 6) is 0.115.